The standard InChI is InChI=1S/C19H21NO5/c1-24-16-12-15(19(22)23)9-8-13(16)10-11-20-18(21)17(25-2)14-6-4-3-5-7-14/h3-9,12,17H,10-11H2,1-2H3,(H,20,21)(H,22,23). The summed E-state index contributed by atoms with van der Waals surface area (Å²) in [4.78, 5) is 23.3. The van der Waals surface area contributed by atoms with Gasteiger partial charge in [-0.3, -0.25) is 4.79 Å². The van der Waals surface area contributed by atoms with Crippen LogP contribution in [0.15, 0.2) is 48.5 Å². The van der Waals surface area contributed by atoms with Crippen LogP contribution in [-0.2, 0) is 16.0 Å². The first kappa shape index (κ1) is 18.5. The number of ether oxygens (including phenoxy) is 2. The van der Waals surface area contributed by atoms with Crippen LogP contribution < -0.4 is 10.1 Å². The lowest BCUT2D eigenvalue weighted by Crippen LogP contribution is -2.32. The van der Waals surface area contributed by atoms with E-state index in [1.807, 2.05) is 30.3 Å². The minimum absolute atomic E-state index is 0.160. The molecule has 2 N–H and O–H groups in total. The molecule has 0 aliphatic rings. The van der Waals surface area contributed by atoms with E-state index in [4.69, 9.17) is 14.6 Å². The minimum Gasteiger partial charge on any atom is -0.496 e. The van der Waals surface area contributed by atoms with Crippen LogP contribution in [0.25, 0.3) is 0 Å². The summed E-state index contributed by atoms with van der Waals surface area (Å²) < 4.78 is 10.5. The van der Waals surface area contributed by atoms with Crippen molar-refractivity contribution in [2.75, 3.05) is 20.8 Å². The van der Waals surface area contributed by atoms with Gasteiger partial charge in [0.2, 0.25) is 0 Å². The number of amides is 1. The van der Waals surface area contributed by atoms with Gasteiger partial charge in [0.25, 0.3) is 5.91 Å². The van der Waals surface area contributed by atoms with Gasteiger partial charge in [-0.2, -0.15) is 0 Å². The van der Waals surface area contributed by atoms with E-state index in [0.717, 1.165) is 11.1 Å². The summed E-state index contributed by atoms with van der Waals surface area (Å²) in [5.41, 5.74) is 1.76. The minimum atomic E-state index is -1.01. The highest BCUT2D eigenvalue weighted by Crippen LogP contribution is 2.21. The van der Waals surface area contributed by atoms with E-state index in [2.05, 4.69) is 5.32 Å². The van der Waals surface area contributed by atoms with Gasteiger partial charge in [-0.1, -0.05) is 36.4 Å². The average molecular weight is 343 g/mol. The van der Waals surface area contributed by atoms with E-state index in [9.17, 15) is 9.59 Å². The van der Waals surface area contributed by atoms with Gasteiger partial charge in [-0.25, -0.2) is 4.79 Å². The van der Waals surface area contributed by atoms with Gasteiger partial charge in [0.15, 0.2) is 6.10 Å². The smallest absolute Gasteiger partial charge is 0.335 e. The Bertz CT molecular complexity index is 730. The molecule has 6 nitrogen and oxygen atoms in total. The Hall–Kier alpha value is -2.86. The van der Waals surface area contributed by atoms with Crippen molar-refractivity contribution >= 4 is 11.9 Å². The highest BCUT2D eigenvalue weighted by molar-refractivity contribution is 5.88. The maximum atomic E-state index is 12.3. The van der Waals surface area contributed by atoms with Crippen LogP contribution in [-0.4, -0.2) is 37.7 Å². The molecule has 0 spiro atoms. The fraction of sp³-hybridized carbons (Fsp3) is 0.263. The third-order valence-electron chi connectivity index (χ3n) is 3.80. The maximum absolute atomic E-state index is 12.3. The fourth-order valence-electron chi connectivity index (χ4n) is 2.52. The molecule has 0 saturated carbocycles. The number of hydrogen-bond acceptors (Lipinski definition) is 4. The number of carboxylic acid groups (broad SMARTS) is 1. The topological polar surface area (TPSA) is 84.9 Å². The molecule has 0 radical (unpaired) electrons. The van der Waals surface area contributed by atoms with Gasteiger partial charge in [-0.05, 0) is 29.7 Å². The van der Waals surface area contributed by atoms with Crippen molar-refractivity contribution in [1.82, 2.24) is 5.32 Å². The van der Waals surface area contributed by atoms with Crippen molar-refractivity contribution in [3.8, 4) is 5.75 Å². The van der Waals surface area contributed by atoms with Crippen molar-refractivity contribution in [1.29, 1.82) is 0 Å². The van der Waals surface area contributed by atoms with E-state index in [1.54, 1.807) is 6.07 Å². The van der Waals surface area contributed by atoms with Crippen LogP contribution in [0.3, 0.4) is 0 Å². The van der Waals surface area contributed by atoms with Gasteiger partial charge < -0.3 is 19.9 Å². The van der Waals surface area contributed by atoms with Gasteiger partial charge in [0.1, 0.15) is 5.75 Å². The summed E-state index contributed by atoms with van der Waals surface area (Å²) in [6, 6.07) is 13.9. The quantitative estimate of drug-likeness (QED) is 0.769. The molecular weight excluding hydrogens is 322 g/mol. The number of nitrogens with one attached hydrogen (secondary N) is 1. The van der Waals surface area contributed by atoms with Crippen LogP contribution in [0.2, 0.25) is 0 Å². The molecule has 2 aromatic rings. The number of hydrogen-bond donors (Lipinski definition) is 2. The van der Waals surface area contributed by atoms with Crippen molar-refractivity contribution in [2.45, 2.75) is 12.5 Å². The zero-order valence-electron chi connectivity index (χ0n) is 14.2. The van der Waals surface area contributed by atoms with Crippen molar-refractivity contribution in [3.05, 3.63) is 65.2 Å². The first-order chi connectivity index (χ1) is 12.1. The van der Waals surface area contributed by atoms with E-state index < -0.39 is 12.1 Å². The van der Waals surface area contributed by atoms with E-state index in [0.29, 0.717) is 18.7 Å². The lowest BCUT2D eigenvalue weighted by molar-refractivity contribution is -0.131. The van der Waals surface area contributed by atoms with Crippen LogP contribution in [0.1, 0.15) is 27.6 Å². The molecule has 0 saturated heterocycles. The second-order valence-corrected chi connectivity index (χ2v) is 5.40. The van der Waals surface area contributed by atoms with Crippen LogP contribution in [0.5, 0.6) is 5.75 Å². The summed E-state index contributed by atoms with van der Waals surface area (Å²) in [6.45, 7) is 0.383. The average Bonchev–Trinajstić information content (AvgIpc) is 2.63. The molecule has 0 fully saturated rings. The lowest BCUT2D eigenvalue weighted by atomic mass is 10.1. The van der Waals surface area contributed by atoms with Crippen LogP contribution in [0, 0.1) is 0 Å². The highest BCUT2D eigenvalue weighted by atomic mass is 16.5. The Morgan fingerprint density at radius 3 is 2.44 bits per heavy atom. The van der Waals surface area contributed by atoms with Crippen molar-refractivity contribution in [2.24, 2.45) is 0 Å². The summed E-state index contributed by atoms with van der Waals surface area (Å²) in [6.07, 6.45) is -0.155. The molecule has 6 heteroatoms. The van der Waals surface area contributed by atoms with Crippen LogP contribution >= 0.6 is 0 Å². The third kappa shape index (κ3) is 4.81. The second-order valence-electron chi connectivity index (χ2n) is 5.40. The largest absolute Gasteiger partial charge is 0.496 e. The zero-order chi connectivity index (χ0) is 18.2. The highest BCUT2D eigenvalue weighted by Gasteiger charge is 2.19. The Kier molecular flexibility index (Phi) is 6.54. The molecule has 2 rings (SSSR count). The lowest BCUT2D eigenvalue weighted by Gasteiger charge is -2.16. The van der Waals surface area contributed by atoms with Crippen molar-refractivity contribution in [3.63, 3.8) is 0 Å². The van der Waals surface area contributed by atoms with Crippen molar-refractivity contribution < 1.29 is 24.2 Å². The second kappa shape index (κ2) is 8.84. The number of methoxy groups -OCH3 is 2. The molecule has 0 heterocycles. The summed E-state index contributed by atoms with van der Waals surface area (Å²) in [5.74, 6) is -0.751. The number of carbonyl (C=O) groups is 2. The fourth-order valence-corrected chi connectivity index (χ4v) is 2.52. The molecule has 1 atom stereocenters. The monoisotopic (exact) mass is 343 g/mol. The SMILES string of the molecule is COc1cc(C(=O)O)ccc1CCNC(=O)C(OC)c1ccccc1. The number of carboxylic acids is 1. The Balaban J connectivity index is 1.98. The molecular formula is C19H21NO5. The summed E-state index contributed by atoms with van der Waals surface area (Å²) in [7, 11) is 2.98. The molecule has 1 amide bonds. The number of carbonyl (C=O) groups excluding carboxylic acids is 1. The first-order valence-corrected chi connectivity index (χ1v) is 7.82. The molecule has 132 valence electrons. The normalized spacial score (nSPS) is 11.6. The molecule has 0 aliphatic carbocycles. The first-order valence-electron chi connectivity index (χ1n) is 7.82. The van der Waals surface area contributed by atoms with E-state index in [1.165, 1.54) is 26.4 Å². The molecule has 0 aromatic heterocycles. The molecule has 2 aromatic carbocycles. The third-order valence-corrected chi connectivity index (χ3v) is 3.80. The summed E-state index contributed by atoms with van der Waals surface area (Å²) in [5, 5.41) is 11.8. The summed E-state index contributed by atoms with van der Waals surface area (Å²) >= 11 is 0. The Morgan fingerprint density at radius 1 is 1.12 bits per heavy atom. The maximum Gasteiger partial charge on any atom is 0.335 e. The van der Waals surface area contributed by atoms with E-state index >= 15 is 0 Å². The molecule has 1 unspecified atom stereocenters. The Morgan fingerprint density at radius 2 is 1.84 bits per heavy atom. The van der Waals surface area contributed by atoms with Crippen LogP contribution in [0.4, 0.5) is 0 Å². The number of rotatable bonds is 8. The Labute approximate surface area is 146 Å². The van der Waals surface area contributed by atoms with Gasteiger partial charge in [-0.15, -0.1) is 0 Å². The van der Waals surface area contributed by atoms with E-state index in [-0.39, 0.29) is 11.5 Å². The molecule has 0 bridgehead atoms. The number of aromatic carboxylic acids is 1. The predicted octanol–water partition coefficient (Wildman–Crippen LogP) is 2.44. The van der Waals surface area contributed by atoms with Gasteiger partial charge in [0.05, 0.1) is 12.7 Å². The number of benzene rings is 2. The molecule has 0 aliphatic heterocycles. The van der Waals surface area contributed by atoms with Gasteiger partial charge >= 0.3 is 5.97 Å². The van der Waals surface area contributed by atoms with Gasteiger partial charge in [0, 0.05) is 13.7 Å². The zero-order valence-corrected chi connectivity index (χ0v) is 14.2. The molecule has 25 heavy (non-hydrogen) atoms. The predicted molar refractivity (Wildman–Crippen MR) is 92.9 cm³/mol.